The molecule has 1 N–H and O–H groups in total. The first-order chi connectivity index (χ1) is 8.63. The van der Waals surface area contributed by atoms with Crippen molar-refractivity contribution in [3.63, 3.8) is 0 Å². The van der Waals surface area contributed by atoms with E-state index in [0.29, 0.717) is 5.56 Å². The van der Waals surface area contributed by atoms with Crippen LogP contribution in [0.1, 0.15) is 16.4 Å². The van der Waals surface area contributed by atoms with E-state index in [1.807, 2.05) is 19.1 Å². The molecule has 0 aliphatic heterocycles. The van der Waals surface area contributed by atoms with Crippen molar-refractivity contribution >= 4 is 16.9 Å². The summed E-state index contributed by atoms with van der Waals surface area (Å²) in [6.07, 6.45) is 0. The molecule has 90 valence electrons. The molecule has 18 heavy (non-hydrogen) atoms. The summed E-state index contributed by atoms with van der Waals surface area (Å²) in [5.74, 6) is -0.614. The van der Waals surface area contributed by atoms with E-state index in [1.54, 1.807) is 12.1 Å². The van der Waals surface area contributed by atoms with E-state index in [9.17, 15) is 4.79 Å². The second-order valence-corrected chi connectivity index (χ2v) is 3.84. The molecule has 2 aromatic heterocycles. The van der Waals surface area contributed by atoms with Crippen LogP contribution in [0.5, 0.6) is 0 Å². The molecule has 3 rings (SSSR count). The van der Waals surface area contributed by atoms with Gasteiger partial charge in [-0.05, 0) is 31.2 Å². The Morgan fingerprint density at radius 3 is 2.89 bits per heavy atom. The van der Waals surface area contributed by atoms with Crippen molar-refractivity contribution in [3.05, 3.63) is 35.9 Å². The van der Waals surface area contributed by atoms with Gasteiger partial charge in [-0.1, -0.05) is 5.16 Å². The van der Waals surface area contributed by atoms with Gasteiger partial charge in [0, 0.05) is 10.9 Å². The summed E-state index contributed by atoms with van der Waals surface area (Å²) >= 11 is 0. The summed E-state index contributed by atoms with van der Waals surface area (Å²) in [5.41, 5.74) is 1.44. The Kier molecular flexibility index (Phi) is 2.16. The smallest absolute Gasteiger partial charge is 0.394 e. The predicted octanol–water partition coefficient (Wildman–Crippen LogP) is 2.49. The molecular formula is C12H8N2O4. The van der Waals surface area contributed by atoms with E-state index in [-0.39, 0.29) is 5.82 Å². The van der Waals surface area contributed by atoms with E-state index in [2.05, 4.69) is 14.7 Å². The van der Waals surface area contributed by atoms with E-state index < -0.39 is 11.9 Å². The van der Waals surface area contributed by atoms with Crippen LogP contribution in [0.3, 0.4) is 0 Å². The molecule has 0 saturated carbocycles. The van der Waals surface area contributed by atoms with Gasteiger partial charge in [0.1, 0.15) is 11.3 Å². The highest BCUT2D eigenvalue weighted by molar-refractivity contribution is 5.84. The zero-order valence-electron chi connectivity index (χ0n) is 9.38. The van der Waals surface area contributed by atoms with Crippen molar-refractivity contribution in [1.29, 1.82) is 0 Å². The van der Waals surface area contributed by atoms with Gasteiger partial charge in [-0.15, -0.1) is 0 Å². The first-order valence-electron chi connectivity index (χ1n) is 5.21. The second-order valence-electron chi connectivity index (χ2n) is 3.84. The Bertz CT molecular complexity index is 741. The van der Waals surface area contributed by atoms with Crippen LogP contribution in [0, 0.1) is 6.92 Å². The van der Waals surface area contributed by atoms with Gasteiger partial charge < -0.3 is 14.0 Å². The van der Waals surface area contributed by atoms with Crippen molar-refractivity contribution in [2.45, 2.75) is 6.92 Å². The Hall–Kier alpha value is -2.63. The molecular weight excluding hydrogens is 236 g/mol. The Balaban J connectivity index is 2.09. The number of benzene rings is 1. The molecule has 3 aromatic rings. The van der Waals surface area contributed by atoms with Crippen molar-refractivity contribution in [1.82, 2.24) is 10.1 Å². The van der Waals surface area contributed by atoms with Crippen molar-refractivity contribution < 1.29 is 18.8 Å². The maximum atomic E-state index is 10.7. The molecule has 6 nitrogen and oxygen atoms in total. The lowest BCUT2D eigenvalue weighted by Crippen LogP contribution is -1.95. The van der Waals surface area contributed by atoms with Crippen LogP contribution < -0.4 is 0 Å². The van der Waals surface area contributed by atoms with Crippen molar-refractivity contribution in [2.24, 2.45) is 0 Å². The van der Waals surface area contributed by atoms with Crippen molar-refractivity contribution in [3.8, 4) is 11.4 Å². The summed E-state index contributed by atoms with van der Waals surface area (Å²) in [6, 6.07) is 7.25. The number of carboxylic acids is 1. The minimum atomic E-state index is -1.24. The molecule has 0 aliphatic carbocycles. The highest BCUT2D eigenvalue weighted by Crippen LogP contribution is 2.24. The third-order valence-electron chi connectivity index (χ3n) is 2.51. The quantitative estimate of drug-likeness (QED) is 0.744. The van der Waals surface area contributed by atoms with E-state index in [1.165, 1.54) is 0 Å². The summed E-state index contributed by atoms with van der Waals surface area (Å²) in [4.78, 5) is 14.4. The van der Waals surface area contributed by atoms with Crippen LogP contribution in [0.15, 0.2) is 33.2 Å². The number of carbonyl (C=O) groups is 1. The third-order valence-corrected chi connectivity index (χ3v) is 2.51. The van der Waals surface area contributed by atoms with Gasteiger partial charge in [0.25, 0.3) is 0 Å². The number of carboxylic acid groups (broad SMARTS) is 1. The van der Waals surface area contributed by atoms with Crippen LogP contribution >= 0.6 is 0 Å². The summed E-state index contributed by atoms with van der Waals surface area (Å²) in [6.45, 7) is 1.86. The van der Waals surface area contributed by atoms with Gasteiger partial charge in [-0.25, -0.2) is 4.79 Å². The average Bonchev–Trinajstić information content (AvgIpc) is 2.91. The zero-order chi connectivity index (χ0) is 12.7. The molecule has 0 atom stereocenters. The Morgan fingerprint density at radius 2 is 2.17 bits per heavy atom. The fourth-order valence-electron chi connectivity index (χ4n) is 1.74. The fourth-order valence-corrected chi connectivity index (χ4v) is 1.74. The van der Waals surface area contributed by atoms with Crippen LogP contribution in [-0.4, -0.2) is 21.2 Å². The SMILES string of the molecule is Cc1cc2cc(-c3noc(C(=O)O)n3)ccc2o1. The fraction of sp³-hybridized carbons (Fsp3) is 0.0833. The van der Waals surface area contributed by atoms with E-state index in [4.69, 9.17) is 9.52 Å². The van der Waals surface area contributed by atoms with Crippen LogP contribution in [0.25, 0.3) is 22.4 Å². The number of aromatic nitrogens is 2. The molecule has 2 heterocycles. The first kappa shape index (κ1) is 10.5. The number of nitrogens with zero attached hydrogens (tertiary/aromatic N) is 2. The molecule has 0 spiro atoms. The minimum absolute atomic E-state index is 0.244. The Morgan fingerprint density at radius 1 is 1.33 bits per heavy atom. The first-order valence-corrected chi connectivity index (χ1v) is 5.21. The summed E-state index contributed by atoms with van der Waals surface area (Å²) < 4.78 is 10.1. The number of rotatable bonds is 2. The lowest BCUT2D eigenvalue weighted by Gasteiger charge is -1.93. The minimum Gasteiger partial charge on any atom is -0.474 e. The molecule has 0 fully saturated rings. The molecule has 0 radical (unpaired) electrons. The number of aryl methyl sites for hydroxylation is 1. The number of hydrogen-bond donors (Lipinski definition) is 1. The average molecular weight is 244 g/mol. The third kappa shape index (κ3) is 1.64. The standard InChI is InChI=1S/C12H8N2O4/c1-6-4-8-5-7(2-3-9(8)17-6)10-13-11(12(15)16)18-14-10/h2-5H,1H3,(H,15,16). The Labute approximate surface area is 101 Å². The number of aromatic carboxylic acids is 1. The van der Waals surface area contributed by atoms with Gasteiger partial charge >= 0.3 is 11.9 Å². The van der Waals surface area contributed by atoms with Gasteiger partial charge in [-0.2, -0.15) is 4.98 Å². The normalized spacial score (nSPS) is 10.9. The molecule has 6 heteroatoms. The van der Waals surface area contributed by atoms with Gasteiger partial charge in [0.2, 0.25) is 5.82 Å². The summed E-state index contributed by atoms with van der Waals surface area (Å²) in [7, 11) is 0. The molecule has 1 aromatic carbocycles. The highest BCUT2D eigenvalue weighted by atomic mass is 16.5. The van der Waals surface area contributed by atoms with Crippen LogP contribution in [-0.2, 0) is 0 Å². The molecule has 0 amide bonds. The molecule has 0 unspecified atom stereocenters. The lowest BCUT2D eigenvalue weighted by molar-refractivity contribution is 0.0643. The topological polar surface area (TPSA) is 89.4 Å². The number of furan rings is 1. The van der Waals surface area contributed by atoms with Gasteiger partial charge in [0.05, 0.1) is 0 Å². The predicted molar refractivity (Wildman–Crippen MR) is 61.2 cm³/mol. The summed E-state index contributed by atoms with van der Waals surface area (Å²) in [5, 5.41) is 13.2. The maximum Gasteiger partial charge on any atom is 0.394 e. The van der Waals surface area contributed by atoms with Crippen LogP contribution in [0.4, 0.5) is 0 Å². The van der Waals surface area contributed by atoms with Crippen molar-refractivity contribution in [2.75, 3.05) is 0 Å². The van der Waals surface area contributed by atoms with E-state index in [0.717, 1.165) is 16.7 Å². The number of hydrogen-bond acceptors (Lipinski definition) is 5. The maximum absolute atomic E-state index is 10.7. The van der Waals surface area contributed by atoms with E-state index >= 15 is 0 Å². The zero-order valence-corrected chi connectivity index (χ0v) is 9.38. The lowest BCUT2D eigenvalue weighted by atomic mass is 10.1. The molecule has 0 bridgehead atoms. The second kappa shape index (κ2) is 3.69. The number of fused-ring (bicyclic) bond motifs is 1. The van der Waals surface area contributed by atoms with Gasteiger partial charge in [0.15, 0.2) is 0 Å². The monoisotopic (exact) mass is 244 g/mol. The van der Waals surface area contributed by atoms with Gasteiger partial charge in [-0.3, -0.25) is 0 Å². The highest BCUT2D eigenvalue weighted by Gasteiger charge is 2.15. The molecule has 0 aliphatic rings. The van der Waals surface area contributed by atoms with Crippen LogP contribution in [0.2, 0.25) is 0 Å². The molecule has 0 saturated heterocycles. The largest absolute Gasteiger partial charge is 0.474 e.